The minimum Gasteiger partial charge on any atom is -0.381 e. The molecule has 0 spiro atoms. The molecule has 0 saturated carbocycles. The van der Waals surface area contributed by atoms with Crippen molar-refractivity contribution in [1.29, 1.82) is 0 Å². The monoisotopic (exact) mass is 249 g/mol. The molecule has 1 aliphatic heterocycles. The summed E-state index contributed by atoms with van der Waals surface area (Å²) in [5.74, 6) is 0. The maximum Gasteiger partial charge on any atom is 0.0914 e. The fourth-order valence-corrected chi connectivity index (χ4v) is 2.67. The normalized spacial score (nSPS) is 20.6. The van der Waals surface area contributed by atoms with Crippen molar-refractivity contribution in [3.8, 4) is 0 Å². The molecule has 1 unspecified atom stereocenters. The number of nitrogens with two attached hydrogens (primary N) is 1. The molecule has 0 aromatic heterocycles. The second-order valence-electron chi connectivity index (χ2n) is 4.96. The summed E-state index contributed by atoms with van der Waals surface area (Å²) >= 11 is 0. The van der Waals surface area contributed by atoms with E-state index in [1.54, 1.807) is 7.11 Å². The van der Waals surface area contributed by atoms with E-state index >= 15 is 0 Å². The first kappa shape index (κ1) is 13.5. The Hall–Kier alpha value is -0.900. The molecule has 1 fully saturated rings. The van der Waals surface area contributed by atoms with Crippen molar-refractivity contribution in [3.63, 3.8) is 0 Å². The molecule has 0 bridgehead atoms. The third-order valence-corrected chi connectivity index (χ3v) is 4.03. The molecule has 1 aromatic carbocycles. The quantitative estimate of drug-likeness (QED) is 0.891. The predicted octanol–water partition coefficient (Wildman–Crippen LogP) is 2.44. The van der Waals surface area contributed by atoms with Crippen LogP contribution in [0.25, 0.3) is 0 Å². The number of hydrogen-bond acceptors (Lipinski definition) is 3. The summed E-state index contributed by atoms with van der Waals surface area (Å²) in [5, 5.41) is 0. The van der Waals surface area contributed by atoms with E-state index in [0.29, 0.717) is 0 Å². The van der Waals surface area contributed by atoms with Crippen molar-refractivity contribution in [2.45, 2.75) is 37.8 Å². The van der Waals surface area contributed by atoms with Crippen molar-refractivity contribution in [1.82, 2.24) is 0 Å². The SMILES string of the molecule is CCc1cccc(C(N)C2(OC)CCOCC2)c1. The third-order valence-electron chi connectivity index (χ3n) is 4.03. The Bertz CT molecular complexity index is 386. The van der Waals surface area contributed by atoms with Crippen LogP contribution in [0.1, 0.15) is 36.9 Å². The van der Waals surface area contributed by atoms with E-state index in [9.17, 15) is 0 Å². The molecule has 0 radical (unpaired) electrons. The molecule has 0 amide bonds. The highest BCUT2D eigenvalue weighted by atomic mass is 16.5. The molecule has 1 saturated heterocycles. The van der Waals surface area contributed by atoms with Crippen LogP contribution < -0.4 is 5.73 Å². The number of rotatable bonds is 4. The highest BCUT2D eigenvalue weighted by Crippen LogP contribution is 2.35. The van der Waals surface area contributed by atoms with Gasteiger partial charge in [0, 0.05) is 33.2 Å². The summed E-state index contributed by atoms with van der Waals surface area (Å²) in [6.45, 7) is 3.62. The van der Waals surface area contributed by atoms with Gasteiger partial charge in [0.15, 0.2) is 0 Å². The molecule has 0 aliphatic carbocycles. The molecule has 2 rings (SSSR count). The van der Waals surface area contributed by atoms with Crippen LogP contribution >= 0.6 is 0 Å². The van der Waals surface area contributed by atoms with Gasteiger partial charge in [0.1, 0.15) is 0 Å². The fourth-order valence-electron chi connectivity index (χ4n) is 2.67. The van der Waals surface area contributed by atoms with Gasteiger partial charge in [-0.25, -0.2) is 0 Å². The molecule has 3 heteroatoms. The zero-order valence-corrected chi connectivity index (χ0v) is 11.3. The van der Waals surface area contributed by atoms with Gasteiger partial charge in [0.25, 0.3) is 0 Å². The minimum atomic E-state index is -0.273. The molecule has 1 aromatic rings. The average molecular weight is 249 g/mol. The van der Waals surface area contributed by atoms with Crippen LogP contribution in [0.4, 0.5) is 0 Å². The molecule has 1 heterocycles. The van der Waals surface area contributed by atoms with Crippen LogP contribution in [-0.4, -0.2) is 25.9 Å². The van der Waals surface area contributed by atoms with Crippen LogP contribution in [0.5, 0.6) is 0 Å². The molecule has 3 nitrogen and oxygen atoms in total. The van der Waals surface area contributed by atoms with Crippen LogP contribution in [-0.2, 0) is 15.9 Å². The van der Waals surface area contributed by atoms with Crippen molar-refractivity contribution >= 4 is 0 Å². The van der Waals surface area contributed by atoms with Crippen LogP contribution in [0.2, 0.25) is 0 Å². The van der Waals surface area contributed by atoms with E-state index in [0.717, 1.165) is 38.0 Å². The van der Waals surface area contributed by atoms with Crippen molar-refractivity contribution in [2.75, 3.05) is 20.3 Å². The summed E-state index contributed by atoms with van der Waals surface area (Å²) in [7, 11) is 1.76. The predicted molar refractivity (Wildman–Crippen MR) is 72.5 cm³/mol. The first-order valence-electron chi connectivity index (χ1n) is 6.69. The summed E-state index contributed by atoms with van der Waals surface area (Å²) < 4.78 is 11.2. The van der Waals surface area contributed by atoms with Gasteiger partial charge in [-0.1, -0.05) is 31.2 Å². The van der Waals surface area contributed by atoms with Crippen molar-refractivity contribution in [3.05, 3.63) is 35.4 Å². The smallest absolute Gasteiger partial charge is 0.0914 e. The maximum atomic E-state index is 6.46. The highest BCUT2D eigenvalue weighted by Gasteiger charge is 2.39. The number of hydrogen-bond donors (Lipinski definition) is 1. The lowest BCUT2D eigenvalue weighted by Gasteiger charge is -2.40. The van der Waals surface area contributed by atoms with Gasteiger partial charge in [-0.3, -0.25) is 0 Å². The van der Waals surface area contributed by atoms with Gasteiger partial charge in [0.05, 0.1) is 11.6 Å². The van der Waals surface area contributed by atoms with Crippen LogP contribution in [0, 0.1) is 0 Å². The Kier molecular flexibility index (Phi) is 4.38. The summed E-state index contributed by atoms with van der Waals surface area (Å²) in [6.07, 6.45) is 2.76. The minimum absolute atomic E-state index is 0.0853. The van der Waals surface area contributed by atoms with Crippen molar-refractivity contribution < 1.29 is 9.47 Å². The van der Waals surface area contributed by atoms with Gasteiger partial charge in [0.2, 0.25) is 0 Å². The van der Waals surface area contributed by atoms with E-state index in [1.165, 1.54) is 5.56 Å². The van der Waals surface area contributed by atoms with E-state index in [4.69, 9.17) is 15.2 Å². The Morgan fingerprint density at radius 3 is 2.72 bits per heavy atom. The number of methoxy groups -OCH3 is 1. The Balaban J connectivity index is 2.24. The standard InChI is InChI=1S/C15H23NO2/c1-3-12-5-4-6-13(11-12)14(16)15(17-2)7-9-18-10-8-15/h4-6,11,14H,3,7-10,16H2,1-2H3. The summed E-state index contributed by atoms with van der Waals surface area (Å²) in [4.78, 5) is 0. The lowest BCUT2D eigenvalue weighted by atomic mass is 9.82. The number of ether oxygens (including phenoxy) is 2. The largest absolute Gasteiger partial charge is 0.381 e. The van der Waals surface area contributed by atoms with Gasteiger partial charge >= 0.3 is 0 Å². The average Bonchev–Trinajstić information content (AvgIpc) is 2.47. The fraction of sp³-hybridized carbons (Fsp3) is 0.600. The molecule has 2 N–H and O–H groups in total. The molecular formula is C15H23NO2. The van der Waals surface area contributed by atoms with Crippen LogP contribution in [0.15, 0.2) is 24.3 Å². The number of benzene rings is 1. The zero-order valence-electron chi connectivity index (χ0n) is 11.3. The van der Waals surface area contributed by atoms with Crippen LogP contribution in [0.3, 0.4) is 0 Å². The third kappa shape index (κ3) is 2.58. The van der Waals surface area contributed by atoms with Gasteiger partial charge in [-0.2, -0.15) is 0 Å². The Labute approximate surface area is 109 Å². The first-order valence-corrected chi connectivity index (χ1v) is 6.69. The van der Waals surface area contributed by atoms with E-state index < -0.39 is 0 Å². The van der Waals surface area contributed by atoms with E-state index in [1.807, 2.05) is 0 Å². The first-order chi connectivity index (χ1) is 8.72. The van der Waals surface area contributed by atoms with Gasteiger partial charge < -0.3 is 15.2 Å². The molecule has 1 aliphatic rings. The second-order valence-corrected chi connectivity index (χ2v) is 4.96. The van der Waals surface area contributed by atoms with Gasteiger partial charge in [-0.15, -0.1) is 0 Å². The Morgan fingerprint density at radius 2 is 2.11 bits per heavy atom. The molecule has 100 valence electrons. The topological polar surface area (TPSA) is 44.5 Å². The molecular weight excluding hydrogens is 226 g/mol. The van der Waals surface area contributed by atoms with Gasteiger partial charge in [-0.05, 0) is 17.5 Å². The Morgan fingerprint density at radius 1 is 1.39 bits per heavy atom. The second kappa shape index (κ2) is 5.83. The van der Waals surface area contributed by atoms with E-state index in [2.05, 4.69) is 31.2 Å². The van der Waals surface area contributed by atoms with Crippen molar-refractivity contribution in [2.24, 2.45) is 5.73 Å². The summed E-state index contributed by atoms with van der Waals surface area (Å²) in [5.41, 5.74) is 8.67. The summed E-state index contributed by atoms with van der Waals surface area (Å²) in [6, 6.07) is 8.43. The maximum absolute atomic E-state index is 6.46. The zero-order chi connectivity index (χ0) is 13.0. The lowest BCUT2D eigenvalue weighted by Crippen LogP contribution is -2.47. The highest BCUT2D eigenvalue weighted by molar-refractivity contribution is 5.28. The van der Waals surface area contributed by atoms with E-state index in [-0.39, 0.29) is 11.6 Å². The molecule has 1 atom stereocenters. The number of aryl methyl sites for hydroxylation is 1. The lowest BCUT2D eigenvalue weighted by molar-refractivity contribution is -0.105. The molecule has 18 heavy (non-hydrogen) atoms.